The molecule has 0 aliphatic carbocycles. The number of carbonyl (C=O) groups is 2. The molecule has 0 aromatic heterocycles. The third-order valence-electron chi connectivity index (χ3n) is 3.12. The highest BCUT2D eigenvalue weighted by Crippen LogP contribution is 2.36. The SMILES string of the molecule is CCOC(=O)COC1Oc2cc([N+](=O)[O-])ccc2N(CC)C1=O. The second kappa shape index (κ2) is 7.05. The van der Waals surface area contributed by atoms with Crippen molar-refractivity contribution >= 4 is 23.3 Å². The molecular weight excluding hydrogens is 308 g/mol. The van der Waals surface area contributed by atoms with Crippen LogP contribution in [0.1, 0.15) is 13.8 Å². The number of anilines is 1. The number of non-ortho nitro benzene ring substituents is 1. The average molecular weight is 324 g/mol. The number of hydrogen-bond acceptors (Lipinski definition) is 7. The van der Waals surface area contributed by atoms with E-state index in [-0.39, 0.29) is 18.0 Å². The van der Waals surface area contributed by atoms with E-state index < -0.39 is 29.7 Å². The Bertz CT molecular complexity index is 632. The van der Waals surface area contributed by atoms with E-state index in [0.29, 0.717) is 12.2 Å². The van der Waals surface area contributed by atoms with Gasteiger partial charge in [-0.15, -0.1) is 0 Å². The number of carbonyl (C=O) groups excluding carboxylic acids is 2. The van der Waals surface area contributed by atoms with Crippen LogP contribution in [0.4, 0.5) is 11.4 Å². The van der Waals surface area contributed by atoms with Gasteiger partial charge in [0.1, 0.15) is 6.61 Å². The highest BCUT2D eigenvalue weighted by molar-refractivity contribution is 5.99. The molecule has 1 heterocycles. The van der Waals surface area contributed by atoms with Crippen molar-refractivity contribution in [3.63, 3.8) is 0 Å². The van der Waals surface area contributed by atoms with Gasteiger partial charge in [0.25, 0.3) is 17.9 Å². The largest absolute Gasteiger partial charge is 0.464 e. The molecule has 1 aliphatic rings. The van der Waals surface area contributed by atoms with Gasteiger partial charge in [0.05, 0.1) is 23.3 Å². The molecule has 1 atom stereocenters. The maximum absolute atomic E-state index is 12.3. The van der Waals surface area contributed by atoms with Crippen molar-refractivity contribution in [3.8, 4) is 5.75 Å². The van der Waals surface area contributed by atoms with E-state index >= 15 is 0 Å². The van der Waals surface area contributed by atoms with Crippen molar-refractivity contribution in [1.29, 1.82) is 0 Å². The van der Waals surface area contributed by atoms with Crippen molar-refractivity contribution in [2.75, 3.05) is 24.7 Å². The quantitative estimate of drug-likeness (QED) is 0.440. The topological polar surface area (TPSA) is 108 Å². The summed E-state index contributed by atoms with van der Waals surface area (Å²) in [4.78, 5) is 35.3. The van der Waals surface area contributed by atoms with E-state index in [1.165, 1.54) is 23.1 Å². The third kappa shape index (κ3) is 3.57. The molecule has 0 spiro atoms. The zero-order valence-electron chi connectivity index (χ0n) is 12.7. The van der Waals surface area contributed by atoms with Gasteiger partial charge >= 0.3 is 5.97 Å². The zero-order chi connectivity index (χ0) is 17.0. The van der Waals surface area contributed by atoms with Gasteiger partial charge in [0.15, 0.2) is 5.75 Å². The van der Waals surface area contributed by atoms with Crippen LogP contribution in [0.25, 0.3) is 0 Å². The Hall–Kier alpha value is -2.68. The molecule has 124 valence electrons. The van der Waals surface area contributed by atoms with E-state index in [0.717, 1.165) is 0 Å². The van der Waals surface area contributed by atoms with Gasteiger partial charge in [-0.25, -0.2) is 4.79 Å². The number of esters is 1. The van der Waals surface area contributed by atoms with Gasteiger partial charge in [0, 0.05) is 12.6 Å². The van der Waals surface area contributed by atoms with Gasteiger partial charge in [-0.1, -0.05) is 0 Å². The first-order chi connectivity index (χ1) is 11.0. The molecule has 0 fully saturated rings. The molecule has 2 rings (SSSR count). The van der Waals surface area contributed by atoms with Crippen LogP contribution in [-0.4, -0.2) is 42.8 Å². The molecule has 9 heteroatoms. The van der Waals surface area contributed by atoms with Crippen LogP contribution >= 0.6 is 0 Å². The second-order valence-corrected chi connectivity index (χ2v) is 4.56. The third-order valence-corrected chi connectivity index (χ3v) is 3.12. The molecule has 0 bridgehead atoms. The zero-order valence-corrected chi connectivity index (χ0v) is 12.7. The Labute approximate surface area is 131 Å². The van der Waals surface area contributed by atoms with Gasteiger partial charge < -0.3 is 19.1 Å². The van der Waals surface area contributed by atoms with Crippen molar-refractivity contribution in [1.82, 2.24) is 0 Å². The summed E-state index contributed by atoms with van der Waals surface area (Å²) < 4.78 is 15.2. The Kier molecular flexibility index (Phi) is 5.12. The normalized spacial score (nSPS) is 16.5. The number of fused-ring (bicyclic) bond motifs is 1. The Morgan fingerprint density at radius 3 is 2.78 bits per heavy atom. The number of likely N-dealkylation sites (N-methyl/N-ethyl adjacent to an activating group) is 1. The minimum atomic E-state index is -1.35. The summed E-state index contributed by atoms with van der Waals surface area (Å²) in [5, 5.41) is 10.8. The Morgan fingerprint density at radius 2 is 2.17 bits per heavy atom. The Balaban J connectivity index is 2.22. The molecule has 1 aliphatic heterocycles. The number of nitro benzene ring substituents is 1. The maximum atomic E-state index is 12.3. The smallest absolute Gasteiger partial charge is 0.332 e. The van der Waals surface area contributed by atoms with Crippen LogP contribution in [-0.2, 0) is 19.1 Å². The highest BCUT2D eigenvalue weighted by Gasteiger charge is 2.35. The second-order valence-electron chi connectivity index (χ2n) is 4.56. The molecule has 1 aromatic rings. The van der Waals surface area contributed by atoms with Gasteiger partial charge in [-0.3, -0.25) is 14.9 Å². The van der Waals surface area contributed by atoms with E-state index in [4.69, 9.17) is 14.2 Å². The summed E-state index contributed by atoms with van der Waals surface area (Å²) in [6.07, 6.45) is -1.35. The average Bonchev–Trinajstić information content (AvgIpc) is 2.52. The van der Waals surface area contributed by atoms with E-state index in [1.54, 1.807) is 13.8 Å². The summed E-state index contributed by atoms with van der Waals surface area (Å²) in [6.45, 7) is 3.46. The lowest BCUT2D eigenvalue weighted by Crippen LogP contribution is -2.47. The first kappa shape index (κ1) is 16.7. The summed E-state index contributed by atoms with van der Waals surface area (Å²) in [5.41, 5.74) is 0.248. The number of amides is 1. The van der Waals surface area contributed by atoms with E-state index in [9.17, 15) is 19.7 Å². The molecule has 0 saturated heterocycles. The summed E-state index contributed by atoms with van der Waals surface area (Å²) in [6, 6.07) is 3.94. The fourth-order valence-electron chi connectivity index (χ4n) is 2.12. The first-order valence-electron chi connectivity index (χ1n) is 7.01. The predicted octanol–water partition coefficient (Wildman–Crippen LogP) is 1.25. The molecule has 1 aromatic carbocycles. The summed E-state index contributed by atoms with van der Waals surface area (Å²) >= 11 is 0. The molecule has 0 radical (unpaired) electrons. The maximum Gasteiger partial charge on any atom is 0.332 e. The predicted molar refractivity (Wildman–Crippen MR) is 78.1 cm³/mol. The van der Waals surface area contributed by atoms with E-state index in [2.05, 4.69) is 0 Å². The number of ether oxygens (including phenoxy) is 3. The molecule has 0 saturated carbocycles. The highest BCUT2D eigenvalue weighted by atomic mass is 16.7. The number of nitrogens with zero attached hydrogens (tertiary/aromatic N) is 2. The molecule has 23 heavy (non-hydrogen) atoms. The van der Waals surface area contributed by atoms with Crippen molar-refractivity contribution < 1.29 is 28.7 Å². The fourth-order valence-corrected chi connectivity index (χ4v) is 2.12. The standard InChI is InChI=1S/C14H16N2O7/c1-3-15-10-6-5-9(16(19)20)7-11(10)23-14(13(15)18)22-8-12(17)21-4-2/h5-7,14H,3-4,8H2,1-2H3. The number of benzene rings is 1. The molecule has 1 unspecified atom stereocenters. The molecule has 0 N–H and O–H groups in total. The van der Waals surface area contributed by atoms with Crippen LogP contribution in [0.5, 0.6) is 5.75 Å². The van der Waals surface area contributed by atoms with Crippen LogP contribution in [0.15, 0.2) is 18.2 Å². The molecule has 1 amide bonds. The minimum Gasteiger partial charge on any atom is -0.464 e. The monoisotopic (exact) mass is 324 g/mol. The molecule has 9 nitrogen and oxygen atoms in total. The number of nitro groups is 1. The Morgan fingerprint density at radius 1 is 1.43 bits per heavy atom. The number of hydrogen-bond donors (Lipinski definition) is 0. The van der Waals surface area contributed by atoms with Gasteiger partial charge in [0.2, 0.25) is 0 Å². The fraction of sp³-hybridized carbons (Fsp3) is 0.429. The first-order valence-corrected chi connectivity index (χ1v) is 7.01. The lowest BCUT2D eigenvalue weighted by molar-refractivity contribution is -0.385. The van der Waals surface area contributed by atoms with Crippen molar-refractivity contribution in [3.05, 3.63) is 28.3 Å². The lowest BCUT2D eigenvalue weighted by atomic mass is 10.2. The van der Waals surface area contributed by atoms with Crippen LogP contribution in [0.3, 0.4) is 0 Å². The van der Waals surface area contributed by atoms with Gasteiger partial charge in [-0.05, 0) is 19.9 Å². The van der Waals surface area contributed by atoms with E-state index in [1.807, 2.05) is 0 Å². The van der Waals surface area contributed by atoms with Crippen LogP contribution < -0.4 is 9.64 Å². The summed E-state index contributed by atoms with van der Waals surface area (Å²) in [7, 11) is 0. The van der Waals surface area contributed by atoms with Crippen LogP contribution in [0.2, 0.25) is 0 Å². The molecular formula is C14H16N2O7. The lowest BCUT2D eigenvalue weighted by Gasteiger charge is -2.32. The minimum absolute atomic E-state index is 0.148. The number of rotatable bonds is 6. The summed E-state index contributed by atoms with van der Waals surface area (Å²) in [5.74, 6) is -0.968. The van der Waals surface area contributed by atoms with Crippen molar-refractivity contribution in [2.24, 2.45) is 0 Å². The van der Waals surface area contributed by atoms with Gasteiger partial charge in [-0.2, -0.15) is 0 Å². The van der Waals surface area contributed by atoms with Crippen molar-refractivity contribution in [2.45, 2.75) is 20.1 Å². The van der Waals surface area contributed by atoms with Crippen LogP contribution in [0, 0.1) is 10.1 Å².